The fourth-order valence-electron chi connectivity index (χ4n) is 2.15. The maximum absolute atomic E-state index is 3.62. The molecule has 0 aromatic rings. The van der Waals surface area contributed by atoms with Crippen LogP contribution in [0.2, 0.25) is 0 Å². The van der Waals surface area contributed by atoms with Gasteiger partial charge in [0.1, 0.15) is 0 Å². The average molecular weight is 212 g/mol. The van der Waals surface area contributed by atoms with Gasteiger partial charge in [-0.3, -0.25) is 0 Å². The summed E-state index contributed by atoms with van der Waals surface area (Å²) in [6.07, 6.45) is 2.77. The van der Waals surface area contributed by atoms with Gasteiger partial charge in [0.25, 0.3) is 0 Å². The van der Waals surface area contributed by atoms with E-state index in [9.17, 15) is 0 Å². The van der Waals surface area contributed by atoms with E-state index < -0.39 is 0 Å². The Morgan fingerprint density at radius 1 is 1.27 bits per heavy atom. The van der Waals surface area contributed by atoms with Gasteiger partial charge in [-0.05, 0) is 67.0 Å². The van der Waals surface area contributed by atoms with Gasteiger partial charge < -0.3 is 10.2 Å². The lowest BCUT2D eigenvalue weighted by molar-refractivity contribution is 0.0574. The van der Waals surface area contributed by atoms with Crippen LogP contribution in [0.3, 0.4) is 0 Å². The Morgan fingerprint density at radius 3 is 2.20 bits per heavy atom. The first-order chi connectivity index (χ1) is 6.81. The highest BCUT2D eigenvalue weighted by Crippen LogP contribution is 2.32. The van der Waals surface area contributed by atoms with Crippen molar-refractivity contribution in [2.45, 2.75) is 65.1 Å². The number of hydrogen-bond donors (Lipinski definition) is 1. The minimum absolute atomic E-state index is 0.260. The van der Waals surface area contributed by atoms with Crippen molar-refractivity contribution >= 4 is 0 Å². The maximum Gasteiger partial charge on any atom is 0.0135 e. The van der Waals surface area contributed by atoms with E-state index in [1.165, 1.54) is 19.4 Å². The summed E-state index contributed by atoms with van der Waals surface area (Å²) >= 11 is 0. The minimum Gasteiger partial charge on any atom is -0.312 e. The number of nitrogens with zero attached hydrogens (tertiary/aromatic N) is 1. The molecule has 0 saturated heterocycles. The molecule has 2 unspecified atom stereocenters. The Bertz CT molecular complexity index is 193. The standard InChI is InChI=1S/C13H28N2/c1-10(2)15(6)12-8-7-11(12)9-14-13(3,4)5/h10-12,14H,7-9H2,1-6H3. The van der Waals surface area contributed by atoms with Crippen LogP contribution < -0.4 is 5.32 Å². The van der Waals surface area contributed by atoms with Crippen LogP contribution >= 0.6 is 0 Å². The third-order valence-electron chi connectivity index (χ3n) is 3.61. The van der Waals surface area contributed by atoms with E-state index in [0.29, 0.717) is 6.04 Å². The first-order valence-electron chi connectivity index (χ1n) is 6.28. The second kappa shape index (κ2) is 4.84. The predicted molar refractivity (Wildman–Crippen MR) is 67.2 cm³/mol. The van der Waals surface area contributed by atoms with E-state index in [2.05, 4.69) is 51.9 Å². The van der Waals surface area contributed by atoms with Gasteiger partial charge in [-0.2, -0.15) is 0 Å². The van der Waals surface area contributed by atoms with Crippen LogP contribution in [0, 0.1) is 5.92 Å². The van der Waals surface area contributed by atoms with Crippen molar-refractivity contribution in [2.24, 2.45) is 5.92 Å². The zero-order valence-corrected chi connectivity index (χ0v) is 11.3. The molecule has 1 N–H and O–H groups in total. The zero-order valence-electron chi connectivity index (χ0n) is 11.3. The second-order valence-electron chi connectivity index (χ2n) is 6.29. The topological polar surface area (TPSA) is 15.3 Å². The molecule has 1 fully saturated rings. The van der Waals surface area contributed by atoms with Crippen molar-refractivity contribution in [1.29, 1.82) is 0 Å². The number of nitrogens with one attached hydrogen (secondary N) is 1. The van der Waals surface area contributed by atoms with Crippen LogP contribution in [0.25, 0.3) is 0 Å². The smallest absolute Gasteiger partial charge is 0.0135 e. The highest BCUT2D eigenvalue weighted by atomic mass is 15.2. The van der Waals surface area contributed by atoms with Crippen molar-refractivity contribution in [2.75, 3.05) is 13.6 Å². The van der Waals surface area contributed by atoms with Crippen molar-refractivity contribution in [1.82, 2.24) is 10.2 Å². The summed E-state index contributed by atoms with van der Waals surface area (Å²) in [5.41, 5.74) is 0.260. The van der Waals surface area contributed by atoms with E-state index in [-0.39, 0.29) is 5.54 Å². The van der Waals surface area contributed by atoms with E-state index in [4.69, 9.17) is 0 Å². The van der Waals surface area contributed by atoms with Gasteiger partial charge in [0, 0.05) is 17.6 Å². The predicted octanol–water partition coefficient (Wildman–Crippen LogP) is 2.49. The molecule has 0 amide bonds. The molecule has 1 aliphatic carbocycles. The molecule has 2 atom stereocenters. The van der Waals surface area contributed by atoms with Crippen LogP contribution in [-0.2, 0) is 0 Å². The van der Waals surface area contributed by atoms with E-state index >= 15 is 0 Å². The third kappa shape index (κ3) is 3.76. The lowest BCUT2D eigenvalue weighted by atomic mass is 9.78. The van der Waals surface area contributed by atoms with Crippen molar-refractivity contribution < 1.29 is 0 Å². The first-order valence-corrected chi connectivity index (χ1v) is 6.28. The van der Waals surface area contributed by atoms with Gasteiger partial charge in [-0.15, -0.1) is 0 Å². The molecule has 0 bridgehead atoms. The molecule has 2 nitrogen and oxygen atoms in total. The van der Waals surface area contributed by atoms with Crippen molar-refractivity contribution in [3.05, 3.63) is 0 Å². The summed E-state index contributed by atoms with van der Waals surface area (Å²) in [5.74, 6) is 0.858. The van der Waals surface area contributed by atoms with Crippen LogP contribution in [0.4, 0.5) is 0 Å². The van der Waals surface area contributed by atoms with E-state index in [1.54, 1.807) is 0 Å². The molecule has 0 heterocycles. The van der Waals surface area contributed by atoms with Gasteiger partial charge in [-0.1, -0.05) is 0 Å². The molecule has 1 aliphatic rings. The molecular weight excluding hydrogens is 184 g/mol. The summed E-state index contributed by atoms with van der Waals surface area (Å²) in [4.78, 5) is 2.53. The molecule has 0 aromatic heterocycles. The second-order valence-corrected chi connectivity index (χ2v) is 6.29. The van der Waals surface area contributed by atoms with E-state index in [1.807, 2.05) is 0 Å². The van der Waals surface area contributed by atoms with Crippen molar-refractivity contribution in [3.8, 4) is 0 Å². The molecule has 0 spiro atoms. The van der Waals surface area contributed by atoms with Crippen molar-refractivity contribution in [3.63, 3.8) is 0 Å². The quantitative estimate of drug-likeness (QED) is 0.770. The Hall–Kier alpha value is -0.0800. The molecule has 90 valence electrons. The average Bonchev–Trinajstić information content (AvgIpc) is 1.99. The highest BCUT2D eigenvalue weighted by molar-refractivity contribution is 4.91. The van der Waals surface area contributed by atoms with Crippen LogP contribution in [0.15, 0.2) is 0 Å². The molecular formula is C13H28N2. The lowest BCUT2D eigenvalue weighted by Gasteiger charge is -2.45. The Morgan fingerprint density at radius 2 is 1.87 bits per heavy atom. The summed E-state index contributed by atoms with van der Waals surface area (Å²) in [7, 11) is 2.26. The van der Waals surface area contributed by atoms with Gasteiger partial charge in [0.15, 0.2) is 0 Å². The number of hydrogen-bond acceptors (Lipinski definition) is 2. The van der Waals surface area contributed by atoms with Crippen LogP contribution in [-0.4, -0.2) is 36.1 Å². The Kier molecular flexibility index (Phi) is 4.19. The van der Waals surface area contributed by atoms with Crippen LogP contribution in [0.1, 0.15) is 47.5 Å². The fraction of sp³-hybridized carbons (Fsp3) is 1.00. The highest BCUT2D eigenvalue weighted by Gasteiger charge is 2.34. The molecule has 1 rings (SSSR count). The SMILES string of the molecule is CC(C)N(C)C1CCC1CNC(C)(C)C. The molecule has 0 aromatic carbocycles. The first kappa shape index (κ1) is 13.0. The summed E-state index contributed by atoms with van der Waals surface area (Å²) in [6.45, 7) is 12.5. The summed E-state index contributed by atoms with van der Waals surface area (Å²) < 4.78 is 0. The minimum atomic E-state index is 0.260. The zero-order chi connectivity index (χ0) is 11.6. The van der Waals surface area contributed by atoms with Crippen LogP contribution in [0.5, 0.6) is 0 Å². The van der Waals surface area contributed by atoms with Gasteiger partial charge in [0.05, 0.1) is 0 Å². The Labute approximate surface area is 95.4 Å². The molecule has 1 saturated carbocycles. The fourth-order valence-corrected chi connectivity index (χ4v) is 2.15. The lowest BCUT2D eigenvalue weighted by Crippen LogP contribution is -2.53. The molecule has 0 aliphatic heterocycles. The summed E-state index contributed by atoms with van der Waals surface area (Å²) in [6, 6.07) is 1.48. The van der Waals surface area contributed by atoms with E-state index in [0.717, 1.165) is 12.0 Å². The van der Waals surface area contributed by atoms with Gasteiger partial charge in [-0.25, -0.2) is 0 Å². The third-order valence-corrected chi connectivity index (χ3v) is 3.61. The Balaban J connectivity index is 2.32. The molecule has 0 radical (unpaired) electrons. The largest absolute Gasteiger partial charge is 0.312 e. The number of rotatable bonds is 4. The van der Waals surface area contributed by atoms with Gasteiger partial charge in [0.2, 0.25) is 0 Å². The normalized spacial score (nSPS) is 27.2. The summed E-state index contributed by atoms with van der Waals surface area (Å²) in [5, 5.41) is 3.62. The maximum atomic E-state index is 3.62. The molecule has 15 heavy (non-hydrogen) atoms. The van der Waals surface area contributed by atoms with Gasteiger partial charge >= 0.3 is 0 Å². The molecule has 2 heteroatoms. The monoisotopic (exact) mass is 212 g/mol.